The molecule has 0 fully saturated rings. The molecule has 2 aromatic rings. The summed E-state index contributed by atoms with van der Waals surface area (Å²) >= 11 is 3.05. The number of benzene rings is 2. The first-order valence-corrected chi connectivity index (χ1v) is 8.45. The monoisotopic (exact) mass is 401 g/mol. The number of aromatic hydroxyl groups is 1. The molecule has 0 spiro atoms. The fraction of sp³-hybridized carbons (Fsp3) is 0.0714. The number of phenols is 1. The van der Waals surface area contributed by atoms with E-state index in [1.165, 1.54) is 37.4 Å². The summed E-state index contributed by atoms with van der Waals surface area (Å²) in [7, 11) is -2.64. The molecule has 0 aliphatic rings. The van der Waals surface area contributed by atoms with Crippen LogP contribution in [0.4, 0.5) is 5.69 Å². The van der Waals surface area contributed by atoms with Gasteiger partial charge in [0.2, 0.25) is 0 Å². The highest BCUT2D eigenvalue weighted by Gasteiger charge is 2.19. The Hall–Kier alpha value is -2.26. The lowest BCUT2D eigenvalue weighted by Gasteiger charge is -2.11. The molecule has 0 aliphatic carbocycles. The Balaban J connectivity index is 2.37. The highest BCUT2D eigenvalue weighted by Crippen LogP contribution is 2.30. The van der Waals surface area contributed by atoms with Gasteiger partial charge < -0.3 is 14.9 Å². The maximum Gasteiger partial charge on any atom is 0.336 e. The van der Waals surface area contributed by atoms with E-state index in [9.17, 15) is 18.3 Å². The van der Waals surface area contributed by atoms with Crippen molar-refractivity contribution in [2.45, 2.75) is 4.90 Å². The maximum atomic E-state index is 12.3. The first-order valence-electron chi connectivity index (χ1n) is 6.17. The lowest BCUT2D eigenvalue weighted by molar-refractivity contribution is 0.0695. The van der Waals surface area contributed by atoms with Gasteiger partial charge in [-0.1, -0.05) is 0 Å². The molecule has 0 saturated heterocycles. The Labute approximate surface area is 140 Å². The zero-order chi connectivity index (χ0) is 17.2. The van der Waals surface area contributed by atoms with Crippen LogP contribution in [0.5, 0.6) is 11.5 Å². The topological polar surface area (TPSA) is 113 Å². The van der Waals surface area contributed by atoms with Crippen molar-refractivity contribution in [2.24, 2.45) is 0 Å². The third kappa shape index (κ3) is 3.74. The van der Waals surface area contributed by atoms with Crippen LogP contribution in [0.2, 0.25) is 0 Å². The van der Waals surface area contributed by atoms with Gasteiger partial charge in [-0.3, -0.25) is 4.72 Å². The summed E-state index contributed by atoms with van der Waals surface area (Å²) in [5, 5.41) is 18.7. The van der Waals surface area contributed by atoms with Crippen LogP contribution in [0.3, 0.4) is 0 Å². The molecular formula is C14H12BrNO6S. The molecule has 0 atom stereocenters. The van der Waals surface area contributed by atoms with Crippen LogP contribution >= 0.6 is 15.9 Å². The number of anilines is 1. The second-order valence-electron chi connectivity index (χ2n) is 4.44. The van der Waals surface area contributed by atoms with Crippen molar-refractivity contribution in [3.63, 3.8) is 0 Å². The third-order valence-corrected chi connectivity index (χ3v) is 4.98. The Morgan fingerprint density at radius 3 is 2.48 bits per heavy atom. The highest BCUT2D eigenvalue weighted by atomic mass is 79.9. The number of hydrogen-bond acceptors (Lipinski definition) is 5. The summed E-state index contributed by atoms with van der Waals surface area (Å²) in [6, 6.07) is 7.64. The number of phenolic OH excluding ortho intramolecular Hbond substituents is 1. The Kier molecular flexibility index (Phi) is 4.81. The molecule has 3 N–H and O–H groups in total. The van der Waals surface area contributed by atoms with Gasteiger partial charge in [0.1, 0.15) is 0 Å². The minimum Gasteiger partial charge on any atom is -0.504 e. The summed E-state index contributed by atoms with van der Waals surface area (Å²) in [5.41, 5.74) is -0.0615. The van der Waals surface area contributed by atoms with E-state index in [2.05, 4.69) is 20.7 Å². The van der Waals surface area contributed by atoms with Gasteiger partial charge in [0.15, 0.2) is 11.5 Å². The summed E-state index contributed by atoms with van der Waals surface area (Å²) < 4.78 is 32.0. The minimum atomic E-state index is -4.01. The van der Waals surface area contributed by atoms with Crippen LogP contribution in [-0.4, -0.2) is 31.7 Å². The van der Waals surface area contributed by atoms with Gasteiger partial charge in [0.25, 0.3) is 10.0 Å². The van der Waals surface area contributed by atoms with Crippen LogP contribution in [0.1, 0.15) is 10.4 Å². The van der Waals surface area contributed by atoms with Crippen LogP contribution in [0.25, 0.3) is 0 Å². The normalized spacial score (nSPS) is 11.0. The molecule has 9 heteroatoms. The average molecular weight is 402 g/mol. The number of hydrogen-bond donors (Lipinski definition) is 3. The fourth-order valence-electron chi connectivity index (χ4n) is 1.80. The molecule has 0 heterocycles. The van der Waals surface area contributed by atoms with Crippen molar-refractivity contribution < 1.29 is 28.2 Å². The Morgan fingerprint density at radius 1 is 1.22 bits per heavy atom. The van der Waals surface area contributed by atoms with E-state index in [-0.39, 0.29) is 32.1 Å². The molecule has 0 unspecified atom stereocenters. The van der Waals surface area contributed by atoms with E-state index >= 15 is 0 Å². The van der Waals surface area contributed by atoms with Crippen molar-refractivity contribution >= 4 is 37.6 Å². The number of carboxylic acids is 1. The standard InChI is InChI=1S/C14H12BrNO6S/c1-22-13-5-2-8(6-12(13)17)16-23(20,21)9-3-4-11(15)10(7-9)14(18)19/h2-7,16-17H,1H3,(H,18,19). The molecular weight excluding hydrogens is 390 g/mol. The van der Waals surface area contributed by atoms with Crippen molar-refractivity contribution in [3.8, 4) is 11.5 Å². The number of rotatable bonds is 5. The summed E-state index contributed by atoms with van der Waals surface area (Å²) in [6.07, 6.45) is 0. The lowest BCUT2D eigenvalue weighted by atomic mass is 10.2. The number of carbonyl (C=O) groups is 1. The molecule has 0 saturated carbocycles. The second kappa shape index (κ2) is 6.47. The second-order valence-corrected chi connectivity index (χ2v) is 6.98. The molecule has 2 aromatic carbocycles. The molecule has 0 aliphatic heterocycles. The minimum absolute atomic E-state index is 0.114. The molecule has 7 nitrogen and oxygen atoms in total. The van der Waals surface area contributed by atoms with E-state index in [4.69, 9.17) is 9.84 Å². The van der Waals surface area contributed by atoms with Crippen LogP contribution in [0.15, 0.2) is 45.8 Å². The quantitative estimate of drug-likeness (QED) is 0.709. The lowest BCUT2D eigenvalue weighted by Crippen LogP contribution is -2.14. The first kappa shape index (κ1) is 17.1. The highest BCUT2D eigenvalue weighted by molar-refractivity contribution is 9.10. The number of sulfonamides is 1. The van der Waals surface area contributed by atoms with Gasteiger partial charge in [-0.2, -0.15) is 0 Å². The summed E-state index contributed by atoms with van der Waals surface area (Å²) in [4.78, 5) is 10.9. The van der Waals surface area contributed by atoms with Gasteiger partial charge in [-0.15, -0.1) is 0 Å². The number of halogens is 1. The van der Waals surface area contributed by atoms with E-state index in [1.54, 1.807) is 0 Å². The van der Waals surface area contributed by atoms with E-state index in [0.717, 1.165) is 6.07 Å². The van der Waals surface area contributed by atoms with Crippen LogP contribution in [0, 0.1) is 0 Å². The van der Waals surface area contributed by atoms with Crippen LogP contribution in [-0.2, 0) is 10.0 Å². The largest absolute Gasteiger partial charge is 0.504 e. The predicted molar refractivity (Wildman–Crippen MR) is 86.6 cm³/mol. The molecule has 23 heavy (non-hydrogen) atoms. The van der Waals surface area contributed by atoms with Gasteiger partial charge in [-0.05, 0) is 46.3 Å². The maximum absolute atomic E-state index is 12.3. The Morgan fingerprint density at radius 2 is 1.91 bits per heavy atom. The van der Waals surface area contributed by atoms with E-state index in [0.29, 0.717) is 0 Å². The smallest absolute Gasteiger partial charge is 0.336 e. The number of nitrogens with one attached hydrogen (secondary N) is 1. The first-order chi connectivity index (χ1) is 10.7. The molecule has 0 amide bonds. The van der Waals surface area contributed by atoms with Gasteiger partial charge >= 0.3 is 5.97 Å². The van der Waals surface area contributed by atoms with Gasteiger partial charge in [0, 0.05) is 10.5 Å². The summed E-state index contributed by atoms with van der Waals surface area (Å²) in [6.45, 7) is 0. The molecule has 2 rings (SSSR count). The van der Waals surface area contributed by atoms with Crippen molar-refractivity contribution in [3.05, 3.63) is 46.4 Å². The van der Waals surface area contributed by atoms with Crippen molar-refractivity contribution in [1.82, 2.24) is 0 Å². The van der Waals surface area contributed by atoms with Gasteiger partial charge in [0.05, 0.1) is 23.3 Å². The fourth-order valence-corrected chi connectivity index (χ4v) is 3.29. The number of ether oxygens (including phenoxy) is 1. The average Bonchev–Trinajstić information content (AvgIpc) is 2.47. The molecule has 0 aromatic heterocycles. The predicted octanol–water partition coefficient (Wildman–Crippen LogP) is 2.66. The molecule has 0 bridgehead atoms. The third-order valence-electron chi connectivity index (χ3n) is 2.91. The SMILES string of the molecule is COc1ccc(NS(=O)(=O)c2ccc(Br)c(C(=O)O)c2)cc1O. The zero-order valence-corrected chi connectivity index (χ0v) is 14.2. The molecule has 0 radical (unpaired) electrons. The number of carboxylic acid groups (broad SMARTS) is 1. The van der Waals surface area contributed by atoms with Crippen molar-refractivity contribution in [2.75, 3.05) is 11.8 Å². The zero-order valence-electron chi connectivity index (χ0n) is 11.8. The van der Waals surface area contributed by atoms with Crippen LogP contribution < -0.4 is 9.46 Å². The van der Waals surface area contributed by atoms with Gasteiger partial charge in [-0.25, -0.2) is 13.2 Å². The molecule has 122 valence electrons. The van der Waals surface area contributed by atoms with E-state index < -0.39 is 16.0 Å². The number of methoxy groups -OCH3 is 1. The van der Waals surface area contributed by atoms with Crippen molar-refractivity contribution in [1.29, 1.82) is 0 Å². The van der Waals surface area contributed by atoms with E-state index in [1.807, 2.05) is 0 Å². The summed E-state index contributed by atoms with van der Waals surface area (Å²) in [5.74, 6) is -1.28. The number of aromatic carboxylic acids is 1. The Bertz CT molecular complexity index is 866.